The molecule has 170 valence electrons. The van der Waals surface area contributed by atoms with Gasteiger partial charge in [0, 0.05) is 18.2 Å². The predicted molar refractivity (Wildman–Crippen MR) is 116 cm³/mol. The summed E-state index contributed by atoms with van der Waals surface area (Å²) in [4.78, 5) is 24.6. The monoisotopic (exact) mass is 424 g/mol. The minimum atomic E-state index is -0.490. The van der Waals surface area contributed by atoms with Gasteiger partial charge >= 0.3 is 6.09 Å². The maximum atomic E-state index is 12.8. The third-order valence-corrected chi connectivity index (χ3v) is 4.03. The molecule has 0 aromatic heterocycles. The quantitative estimate of drug-likeness (QED) is 0.500. The van der Waals surface area contributed by atoms with Crippen LogP contribution < -0.4 is 24.8 Å². The van der Waals surface area contributed by atoms with Gasteiger partial charge in [0.25, 0.3) is 5.91 Å². The van der Waals surface area contributed by atoms with Gasteiger partial charge in [-0.2, -0.15) is 0 Å². The van der Waals surface area contributed by atoms with Crippen LogP contribution in [0.25, 0.3) is 0 Å². The summed E-state index contributed by atoms with van der Waals surface area (Å²) in [5.74, 6) is 1.45. The van der Waals surface area contributed by atoms with Gasteiger partial charge in [0.2, 0.25) is 5.75 Å². The Balaban J connectivity index is 3.00. The van der Waals surface area contributed by atoms with Crippen molar-refractivity contribution >= 4 is 12.0 Å². The summed E-state index contributed by atoms with van der Waals surface area (Å²) < 4.78 is 22.0. The molecule has 8 heteroatoms. The van der Waals surface area contributed by atoms with Crippen molar-refractivity contribution < 1.29 is 28.5 Å². The molecule has 0 saturated carbocycles. The first-order valence-electron chi connectivity index (χ1n) is 10.6. The minimum Gasteiger partial charge on any atom is -0.490 e. The molecule has 1 aromatic carbocycles. The Morgan fingerprint density at radius 3 is 1.93 bits per heavy atom. The zero-order valence-corrected chi connectivity index (χ0v) is 19.0. The normalized spacial score (nSPS) is 11.6. The van der Waals surface area contributed by atoms with Crippen molar-refractivity contribution in [1.82, 2.24) is 10.6 Å². The maximum absolute atomic E-state index is 12.8. The van der Waals surface area contributed by atoms with Crippen LogP contribution in [0.1, 0.15) is 58.3 Å². The molecular weight excluding hydrogens is 388 g/mol. The molecule has 1 rings (SSSR count). The first kappa shape index (κ1) is 25.4. The molecular formula is C22H36N2O6. The van der Waals surface area contributed by atoms with Gasteiger partial charge in [0.1, 0.15) is 0 Å². The van der Waals surface area contributed by atoms with Gasteiger partial charge in [0.15, 0.2) is 11.5 Å². The molecule has 8 nitrogen and oxygen atoms in total. The van der Waals surface area contributed by atoms with E-state index in [9.17, 15) is 9.59 Å². The lowest BCUT2D eigenvalue weighted by molar-refractivity contribution is 0.0943. The SMILES string of the molecule is CCOC(=O)NC(CNC(=O)c1cc(OCC)c(OCC)c(OCC)c1)CC(C)C. The Kier molecular flexibility index (Phi) is 11.5. The Labute approximate surface area is 179 Å². The number of benzene rings is 1. The molecule has 1 aromatic rings. The third kappa shape index (κ3) is 8.39. The highest BCUT2D eigenvalue weighted by molar-refractivity contribution is 5.95. The fraction of sp³-hybridized carbons (Fsp3) is 0.636. The third-order valence-electron chi connectivity index (χ3n) is 4.03. The van der Waals surface area contributed by atoms with E-state index in [1.165, 1.54) is 0 Å². The number of ether oxygens (including phenoxy) is 4. The summed E-state index contributed by atoms with van der Waals surface area (Å²) in [6.07, 6.45) is 0.215. The van der Waals surface area contributed by atoms with Crippen LogP contribution >= 0.6 is 0 Å². The standard InChI is InChI=1S/C22H36N2O6/c1-7-27-18-12-16(13-19(28-8-2)20(18)29-9-3)21(25)23-14-17(11-15(5)6)24-22(26)30-10-4/h12-13,15,17H,7-11,14H2,1-6H3,(H,23,25)(H,24,26). The highest BCUT2D eigenvalue weighted by atomic mass is 16.5. The van der Waals surface area contributed by atoms with Crippen LogP contribution in [0.4, 0.5) is 4.79 Å². The Morgan fingerprint density at radius 2 is 1.47 bits per heavy atom. The molecule has 0 saturated heterocycles. The van der Waals surface area contributed by atoms with Crippen molar-refractivity contribution in [2.45, 2.75) is 54.0 Å². The average Bonchev–Trinajstić information content (AvgIpc) is 2.68. The van der Waals surface area contributed by atoms with E-state index in [1.54, 1.807) is 19.1 Å². The number of rotatable bonds is 13. The van der Waals surface area contributed by atoms with Crippen molar-refractivity contribution in [2.75, 3.05) is 33.0 Å². The molecule has 0 aliphatic rings. The van der Waals surface area contributed by atoms with Crippen LogP contribution in [0.15, 0.2) is 12.1 Å². The van der Waals surface area contributed by atoms with Crippen LogP contribution in [-0.2, 0) is 4.74 Å². The Morgan fingerprint density at radius 1 is 0.900 bits per heavy atom. The Bertz CT molecular complexity index is 651. The molecule has 2 N–H and O–H groups in total. The van der Waals surface area contributed by atoms with E-state index in [-0.39, 0.29) is 18.5 Å². The molecule has 0 heterocycles. The van der Waals surface area contributed by atoms with E-state index in [1.807, 2.05) is 20.8 Å². The largest absolute Gasteiger partial charge is 0.490 e. The summed E-state index contributed by atoms with van der Waals surface area (Å²) >= 11 is 0. The number of nitrogens with one attached hydrogen (secondary N) is 2. The lowest BCUT2D eigenvalue weighted by atomic mass is 10.0. The summed E-state index contributed by atoms with van der Waals surface area (Å²) in [6, 6.07) is 3.04. The van der Waals surface area contributed by atoms with Crippen molar-refractivity contribution in [3.05, 3.63) is 17.7 Å². The number of carbonyl (C=O) groups excluding carboxylic acids is 2. The van der Waals surface area contributed by atoms with Crippen LogP contribution in [0.3, 0.4) is 0 Å². The highest BCUT2D eigenvalue weighted by Gasteiger charge is 2.20. The first-order chi connectivity index (χ1) is 14.4. The van der Waals surface area contributed by atoms with Crippen molar-refractivity contribution in [3.8, 4) is 17.2 Å². The molecule has 0 fully saturated rings. The lowest BCUT2D eigenvalue weighted by Gasteiger charge is -2.21. The molecule has 0 spiro atoms. The number of carbonyl (C=O) groups is 2. The van der Waals surface area contributed by atoms with Gasteiger partial charge in [0.05, 0.1) is 26.4 Å². The molecule has 1 atom stereocenters. The molecule has 0 aliphatic carbocycles. The van der Waals surface area contributed by atoms with Crippen molar-refractivity contribution in [3.63, 3.8) is 0 Å². The second-order valence-electron chi connectivity index (χ2n) is 7.00. The van der Waals surface area contributed by atoms with Crippen LogP contribution in [0, 0.1) is 5.92 Å². The van der Waals surface area contributed by atoms with Crippen LogP contribution in [0.5, 0.6) is 17.2 Å². The predicted octanol–water partition coefficient (Wildman–Crippen LogP) is 3.77. The van der Waals surface area contributed by atoms with Crippen molar-refractivity contribution in [2.24, 2.45) is 5.92 Å². The fourth-order valence-electron chi connectivity index (χ4n) is 2.94. The van der Waals surface area contributed by atoms with E-state index >= 15 is 0 Å². The summed E-state index contributed by atoms with van der Waals surface area (Å²) in [5.41, 5.74) is 0.393. The average molecular weight is 425 g/mol. The first-order valence-corrected chi connectivity index (χ1v) is 10.6. The van der Waals surface area contributed by atoms with E-state index < -0.39 is 6.09 Å². The topological polar surface area (TPSA) is 95.1 Å². The fourth-order valence-corrected chi connectivity index (χ4v) is 2.94. The Hall–Kier alpha value is -2.64. The minimum absolute atomic E-state index is 0.242. The molecule has 0 radical (unpaired) electrons. The summed E-state index contributed by atoms with van der Waals surface area (Å²) in [7, 11) is 0. The molecule has 30 heavy (non-hydrogen) atoms. The lowest BCUT2D eigenvalue weighted by Crippen LogP contribution is -2.44. The molecule has 0 bridgehead atoms. The van der Waals surface area contributed by atoms with Gasteiger partial charge in [-0.25, -0.2) is 4.79 Å². The van der Waals surface area contributed by atoms with E-state index in [0.717, 1.165) is 0 Å². The molecule has 0 aliphatic heterocycles. The van der Waals surface area contributed by atoms with Gasteiger partial charge in [-0.15, -0.1) is 0 Å². The van der Waals surface area contributed by atoms with Gasteiger partial charge < -0.3 is 29.6 Å². The summed E-state index contributed by atoms with van der Waals surface area (Å²) in [5, 5.41) is 5.68. The van der Waals surface area contributed by atoms with E-state index in [2.05, 4.69) is 24.5 Å². The maximum Gasteiger partial charge on any atom is 0.407 e. The smallest absolute Gasteiger partial charge is 0.407 e. The van der Waals surface area contributed by atoms with Gasteiger partial charge in [-0.1, -0.05) is 13.8 Å². The van der Waals surface area contributed by atoms with Gasteiger partial charge in [-0.3, -0.25) is 4.79 Å². The molecule has 2 amide bonds. The van der Waals surface area contributed by atoms with Crippen LogP contribution in [0.2, 0.25) is 0 Å². The number of amides is 2. The number of hydrogen-bond donors (Lipinski definition) is 2. The number of alkyl carbamates (subject to hydrolysis) is 1. The number of hydrogen-bond acceptors (Lipinski definition) is 6. The highest BCUT2D eigenvalue weighted by Crippen LogP contribution is 2.39. The summed E-state index contributed by atoms with van der Waals surface area (Å²) in [6.45, 7) is 13.3. The van der Waals surface area contributed by atoms with Gasteiger partial charge in [-0.05, 0) is 52.2 Å². The van der Waals surface area contributed by atoms with E-state index in [4.69, 9.17) is 18.9 Å². The molecule has 1 unspecified atom stereocenters. The second kappa shape index (κ2) is 13.6. The van der Waals surface area contributed by atoms with Crippen LogP contribution in [-0.4, -0.2) is 51.0 Å². The van der Waals surface area contributed by atoms with E-state index in [0.29, 0.717) is 61.6 Å². The zero-order chi connectivity index (χ0) is 22.5. The second-order valence-corrected chi connectivity index (χ2v) is 7.00. The zero-order valence-electron chi connectivity index (χ0n) is 19.0. The van der Waals surface area contributed by atoms with Crippen molar-refractivity contribution in [1.29, 1.82) is 0 Å².